The fraction of sp³-hybridized carbons (Fsp3) is 0.778. The Labute approximate surface area is 79.7 Å². The number of carboxylic acid groups (broad SMARTS) is 1. The van der Waals surface area contributed by atoms with Gasteiger partial charge < -0.3 is 14.9 Å². The number of hydrogen-bond acceptors (Lipinski definition) is 4. The highest BCUT2D eigenvalue weighted by Crippen LogP contribution is 2.57. The van der Waals surface area contributed by atoms with Gasteiger partial charge in [-0.2, -0.15) is 0 Å². The molecule has 2 aliphatic carbocycles. The molecule has 0 radical (unpaired) electrons. The van der Waals surface area contributed by atoms with Crippen molar-refractivity contribution in [1.29, 1.82) is 0 Å². The number of rotatable bonds is 1. The number of carbonyl (C=O) groups excluding carboxylic acids is 1. The predicted molar refractivity (Wildman–Crippen MR) is 42.1 cm³/mol. The molecule has 0 aromatic heterocycles. The van der Waals surface area contributed by atoms with Crippen LogP contribution in [0.25, 0.3) is 0 Å². The molecule has 0 aromatic rings. The van der Waals surface area contributed by atoms with Crippen LogP contribution in [-0.2, 0) is 14.3 Å². The monoisotopic (exact) mass is 198 g/mol. The van der Waals surface area contributed by atoms with Crippen LogP contribution >= 0.6 is 0 Å². The first-order chi connectivity index (χ1) is 6.61. The zero-order valence-corrected chi connectivity index (χ0v) is 7.29. The summed E-state index contributed by atoms with van der Waals surface area (Å²) in [4.78, 5) is 22.3. The van der Waals surface area contributed by atoms with E-state index in [1.165, 1.54) is 0 Å². The second kappa shape index (κ2) is 2.28. The third-order valence-corrected chi connectivity index (χ3v) is 3.86. The van der Waals surface area contributed by atoms with Crippen molar-refractivity contribution in [3.8, 4) is 0 Å². The minimum absolute atomic E-state index is 0.0661. The predicted octanol–water partition coefficient (Wildman–Crippen LogP) is -0.761. The Balaban J connectivity index is 2.04. The number of carbonyl (C=O) groups is 2. The van der Waals surface area contributed by atoms with Crippen molar-refractivity contribution in [3.05, 3.63) is 0 Å². The van der Waals surface area contributed by atoms with E-state index >= 15 is 0 Å². The van der Waals surface area contributed by atoms with E-state index in [-0.39, 0.29) is 11.8 Å². The van der Waals surface area contributed by atoms with Gasteiger partial charge in [-0.05, 0) is 6.42 Å². The van der Waals surface area contributed by atoms with Crippen LogP contribution in [0.3, 0.4) is 0 Å². The molecule has 0 unspecified atom stereocenters. The lowest BCUT2D eigenvalue weighted by Crippen LogP contribution is -2.40. The van der Waals surface area contributed by atoms with Gasteiger partial charge in [0.05, 0.1) is 17.9 Å². The topological polar surface area (TPSA) is 83.8 Å². The molecular weight excluding hydrogens is 188 g/mol. The summed E-state index contributed by atoms with van der Waals surface area (Å²) in [6.07, 6.45) is -0.601. The first-order valence-electron chi connectivity index (χ1n) is 4.72. The van der Waals surface area contributed by atoms with Crippen LogP contribution in [0.15, 0.2) is 0 Å². The number of esters is 1. The van der Waals surface area contributed by atoms with Gasteiger partial charge in [0.15, 0.2) is 0 Å². The van der Waals surface area contributed by atoms with E-state index in [9.17, 15) is 14.7 Å². The van der Waals surface area contributed by atoms with Crippen LogP contribution in [-0.4, -0.2) is 34.4 Å². The van der Waals surface area contributed by atoms with E-state index in [2.05, 4.69) is 0 Å². The fourth-order valence-corrected chi connectivity index (χ4v) is 3.36. The summed E-state index contributed by atoms with van der Waals surface area (Å²) in [5, 5.41) is 18.7. The average Bonchev–Trinajstić information content (AvgIpc) is 2.67. The molecule has 5 nitrogen and oxygen atoms in total. The van der Waals surface area contributed by atoms with E-state index in [1.54, 1.807) is 0 Å². The second-order valence-corrected chi connectivity index (χ2v) is 4.35. The molecule has 3 rings (SSSR count). The van der Waals surface area contributed by atoms with Gasteiger partial charge >= 0.3 is 11.9 Å². The van der Waals surface area contributed by atoms with E-state index in [0.29, 0.717) is 6.42 Å². The Hall–Kier alpha value is -1.10. The maximum atomic E-state index is 11.4. The fourth-order valence-electron chi connectivity index (χ4n) is 3.36. The average molecular weight is 198 g/mol. The third kappa shape index (κ3) is 0.706. The van der Waals surface area contributed by atoms with Crippen molar-refractivity contribution >= 4 is 11.9 Å². The van der Waals surface area contributed by atoms with Crippen molar-refractivity contribution in [1.82, 2.24) is 0 Å². The summed E-state index contributed by atoms with van der Waals surface area (Å²) in [5.74, 6) is -3.03. The highest BCUT2D eigenvalue weighted by Gasteiger charge is 2.68. The van der Waals surface area contributed by atoms with Crippen LogP contribution in [0.4, 0.5) is 0 Å². The molecule has 1 saturated heterocycles. The molecule has 2 bridgehead atoms. The molecule has 0 amide bonds. The molecule has 1 heterocycles. The van der Waals surface area contributed by atoms with Crippen LogP contribution in [0.2, 0.25) is 0 Å². The Kier molecular flexibility index (Phi) is 1.34. The molecule has 14 heavy (non-hydrogen) atoms. The molecule has 5 heteroatoms. The van der Waals surface area contributed by atoms with Gasteiger partial charge in [0, 0.05) is 11.8 Å². The number of hydrogen-bond donors (Lipinski definition) is 2. The number of aliphatic hydroxyl groups is 1. The molecule has 0 aromatic carbocycles. The van der Waals surface area contributed by atoms with Gasteiger partial charge in [0.2, 0.25) is 0 Å². The van der Waals surface area contributed by atoms with Crippen molar-refractivity contribution in [2.45, 2.75) is 18.6 Å². The lowest BCUT2D eigenvalue weighted by atomic mass is 9.79. The normalized spacial score (nSPS) is 53.6. The second-order valence-electron chi connectivity index (χ2n) is 4.35. The van der Waals surface area contributed by atoms with Gasteiger partial charge in [0.1, 0.15) is 6.10 Å². The van der Waals surface area contributed by atoms with Crippen LogP contribution in [0.1, 0.15) is 6.42 Å². The van der Waals surface area contributed by atoms with Gasteiger partial charge in [-0.15, -0.1) is 0 Å². The Bertz CT molecular complexity index is 325. The van der Waals surface area contributed by atoms with Gasteiger partial charge in [0.25, 0.3) is 0 Å². The van der Waals surface area contributed by atoms with Crippen molar-refractivity contribution in [3.63, 3.8) is 0 Å². The Morgan fingerprint density at radius 3 is 2.79 bits per heavy atom. The number of fused-ring (bicyclic) bond motifs is 1. The zero-order chi connectivity index (χ0) is 10.0. The summed E-state index contributed by atoms with van der Waals surface area (Å²) < 4.78 is 4.98. The maximum absolute atomic E-state index is 11.4. The minimum atomic E-state index is -0.987. The third-order valence-electron chi connectivity index (χ3n) is 3.86. The van der Waals surface area contributed by atoms with Crippen LogP contribution in [0, 0.1) is 23.7 Å². The largest absolute Gasteiger partial charge is 0.481 e. The highest BCUT2D eigenvalue weighted by atomic mass is 16.6. The minimum Gasteiger partial charge on any atom is -0.481 e. The molecule has 76 valence electrons. The molecule has 3 fully saturated rings. The molecule has 2 N–H and O–H groups in total. The lowest BCUT2D eigenvalue weighted by molar-refractivity contribution is -0.151. The molecule has 2 saturated carbocycles. The Morgan fingerprint density at radius 2 is 2.14 bits per heavy atom. The van der Waals surface area contributed by atoms with E-state index in [0.717, 1.165) is 0 Å². The van der Waals surface area contributed by atoms with Crippen molar-refractivity contribution in [2.75, 3.05) is 0 Å². The summed E-state index contributed by atoms with van der Waals surface area (Å²) in [6, 6.07) is 0. The van der Waals surface area contributed by atoms with Gasteiger partial charge in [-0.1, -0.05) is 0 Å². The smallest absolute Gasteiger partial charge is 0.310 e. The molecule has 0 spiro atoms. The quantitative estimate of drug-likeness (QED) is 0.541. The number of aliphatic carboxylic acids is 1. The molecular formula is C9H10O5. The summed E-state index contributed by atoms with van der Waals surface area (Å²) in [7, 11) is 0. The van der Waals surface area contributed by atoms with E-state index in [4.69, 9.17) is 9.84 Å². The summed E-state index contributed by atoms with van der Waals surface area (Å²) in [6.45, 7) is 0. The zero-order valence-electron chi connectivity index (χ0n) is 7.29. The standard InChI is InChI=1S/C9H10O5/c10-6-2-1-3-5(4(2)8(11)12)9(13)14-7(3)6/h2-7,10H,1H2,(H,11,12)/t2-,3-,4-,5-,6+,7+/m1/s1. The van der Waals surface area contributed by atoms with Gasteiger partial charge in [-0.25, -0.2) is 0 Å². The first kappa shape index (κ1) is 8.23. The summed E-state index contributed by atoms with van der Waals surface area (Å²) in [5.41, 5.74) is 0. The number of aliphatic hydroxyl groups excluding tert-OH is 1. The van der Waals surface area contributed by atoms with E-state index in [1.807, 2.05) is 0 Å². The van der Waals surface area contributed by atoms with Crippen molar-refractivity contribution < 1.29 is 24.5 Å². The number of carboxylic acids is 1. The Morgan fingerprint density at radius 1 is 1.43 bits per heavy atom. The maximum Gasteiger partial charge on any atom is 0.310 e. The highest BCUT2D eigenvalue weighted by molar-refractivity contribution is 5.85. The number of ether oxygens (including phenoxy) is 1. The summed E-state index contributed by atoms with van der Waals surface area (Å²) >= 11 is 0. The van der Waals surface area contributed by atoms with E-state index < -0.39 is 36.0 Å². The molecule has 6 atom stereocenters. The van der Waals surface area contributed by atoms with Crippen molar-refractivity contribution in [2.24, 2.45) is 23.7 Å². The molecule has 1 aliphatic heterocycles. The molecule has 3 aliphatic rings. The SMILES string of the molecule is O=C(O)[C@@H]1[C@H]2C[C@H]3[C@H](OC(=O)[C@H]31)[C@H]2O. The van der Waals surface area contributed by atoms with Crippen LogP contribution < -0.4 is 0 Å². The lowest BCUT2D eigenvalue weighted by Gasteiger charge is -2.25. The first-order valence-corrected chi connectivity index (χ1v) is 4.72. The van der Waals surface area contributed by atoms with Crippen LogP contribution in [0.5, 0.6) is 0 Å². The van der Waals surface area contributed by atoms with Gasteiger partial charge in [-0.3, -0.25) is 9.59 Å².